The Hall–Kier alpha value is -2.50. The Morgan fingerprint density at radius 2 is 2.24 bits per heavy atom. The van der Waals surface area contributed by atoms with E-state index in [1.165, 1.54) is 13.0 Å². The minimum Gasteiger partial charge on any atom is -0.398 e. The molecule has 6 nitrogen and oxygen atoms in total. The summed E-state index contributed by atoms with van der Waals surface area (Å²) < 4.78 is 24.5. The molecular weight excluding hydrogens is 270 g/mol. The number of fused-ring (bicyclic) bond motifs is 1. The van der Waals surface area contributed by atoms with Crippen LogP contribution in [0.4, 0.5) is 5.69 Å². The lowest BCUT2D eigenvalue weighted by molar-refractivity contribution is -0.132. The van der Waals surface area contributed by atoms with Crippen molar-refractivity contribution in [3.05, 3.63) is 34.3 Å². The van der Waals surface area contributed by atoms with Crippen LogP contribution in [0.5, 0.6) is 0 Å². The zero-order valence-corrected chi connectivity index (χ0v) is 11.3. The topological polar surface area (TPSA) is 95.0 Å². The van der Waals surface area contributed by atoms with Crippen LogP contribution in [0.25, 0.3) is 10.9 Å². The van der Waals surface area contributed by atoms with Gasteiger partial charge in [0.2, 0.25) is 0 Å². The molecule has 1 saturated carbocycles. The summed E-state index contributed by atoms with van der Waals surface area (Å²) in [5.41, 5.74) is 5.26. The second-order valence-corrected chi connectivity index (χ2v) is 4.99. The number of nitrogen functional groups attached to an aromatic ring is 1. The number of hydrogen-bond acceptors (Lipinski definition) is 5. The SMILES string of the molecule is [2H]c1cc(N)c2c(=O)n(C3CC([2H])C(=O)CC3=O)c(C)nc2c1[2H]. The minimum absolute atomic E-state index is 0.0130. The maximum Gasteiger partial charge on any atom is 0.264 e. The molecular formula is C15H15N3O3. The lowest BCUT2D eigenvalue weighted by atomic mass is 9.92. The Balaban J connectivity index is 2.29. The van der Waals surface area contributed by atoms with Gasteiger partial charge in [-0.3, -0.25) is 19.0 Å². The highest BCUT2D eigenvalue weighted by atomic mass is 16.2. The number of aryl methyl sites for hydroxylation is 1. The Morgan fingerprint density at radius 1 is 1.48 bits per heavy atom. The number of rotatable bonds is 1. The molecule has 0 bridgehead atoms. The van der Waals surface area contributed by atoms with Crippen LogP contribution in [0.1, 0.15) is 35.2 Å². The molecule has 1 aromatic heterocycles. The van der Waals surface area contributed by atoms with Crippen LogP contribution >= 0.6 is 0 Å². The van der Waals surface area contributed by atoms with Crippen molar-refractivity contribution in [2.24, 2.45) is 0 Å². The molecule has 0 saturated heterocycles. The molecule has 1 fully saturated rings. The number of nitrogens with zero attached hydrogens (tertiary/aromatic N) is 2. The van der Waals surface area contributed by atoms with Crippen LogP contribution in [0.15, 0.2) is 22.9 Å². The third-order valence-corrected chi connectivity index (χ3v) is 3.60. The van der Waals surface area contributed by atoms with E-state index in [4.69, 9.17) is 9.85 Å². The van der Waals surface area contributed by atoms with Crippen LogP contribution in [0.3, 0.4) is 0 Å². The van der Waals surface area contributed by atoms with E-state index in [1.54, 1.807) is 0 Å². The third-order valence-electron chi connectivity index (χ3n) is 3.60. The number of hydrogen-bond donors (Lipinski definition) is 1. The van der Waals surface area contributed by atoms with Crippen molar-refractivity contribution in [2.75, 3.05) is 5.73 Å². The first-order chi connectivity index (χ1) is 11.2. The van der Waals surface area contributed by atoms with E-state index in [-0.39, 0.29) is 47.3 Å². The summed E-state index contributed by atoms with van der Waals surface area (Å²) in [4.78, 5) is 40.8. The summed E-state index contributed by atoms with van der Waals surface area (Å²) in [5.74, 6) is -0.704. The number of ketones is 2. The molecule has 1 heterocycles. The summed E-state index contributed by atoms with van der Waals surface area (Å²) in [5, 5.41) is -0.0205. The average molecular weight is 288 g/mol. The second kappa shape index (κ2) is 4.80. The lowest BCUT2D eigenvalue weighted by Gasteiger charge is -2.24. The highest BCUT2D eigenvalue weighted by molar-refractivity contribution is 6.03. The third kappa shape index (κ3) is 2.12. The van der Waals surface area contributed by atoms with Crippen molar-refractivity contribution < 1.29 is 13.7 Å². The molecule has 6 heteroatoms. The van der Waals surface area contributed by atoms with Crippen molar-refractivity contribution >= 4 is 28.2 Å². The van der Waals surface area contributed by atoms with E-state index < -0.39 is 29.6 Å². The van der Waals surface area contributed by atoms with Gasteiger partial charge in [0.05, 0.1) is 26.1 Å². The average Bonchev–Trinajstić information content (AvgIpc) is 2.49. The normalized spacial score (nSPS) is 24.7. The minimum atomic E-state index is -1.06. The number of carbonyl (C=O) groups excluding carboxylic acids is 2. The molecule has 108 valence electrons. The predicted octanol–water partition coefficient (Wildman–Crippen LogP) is 1.15. The summed E-state index contributed by atoms with van der Waals surface area (Å²) in [6.07, 6.45) is -1.53. The van der Waals surface area contributed by atoms with E-state index in [0.717, 1.165) is 4.57 Å². The standard InChI is InChI=1S/C15H15N3O3/c1-8-17-11-4-2-3-10(16)14(11)15(21)18(8)12-6-5-9(19)7-13(12)20/h2-4,12H,5-7,16H2,1H3/i2D,4D,5D. The molecule has 2 unspecified atom stereocenters. The second-order valence-electron chi connectivity index (χ2n) is 4.99. The summed E-state index contributed by atoms with van der Waals surface area (Å²) in [7, 11) is 0. The van der Waals surface area contributed by atoms with E-state index in [9.17, 15) is 14.4 Å². The van der Waals surface area contributed by atoms with Crippen LogP contribution in [0.2, 0.25) is 0 Å². The molecule has 1 aliphatic carbocycles. The molecule has 0 spiro atoms. The summed E-state index contributed by atoms with van der Waals surface area (Å²) in [6.45, 7) is 1.51. The highest BCUT2D eigenvalue weighted by Gasteiger charge is 2.30. The van der Waals surface area contributed by atoms with Gasteiger partial charge in [-0.05, 0) is 25.5 Å². The van der Waals surface area contributed by atoms with Gasteiger partial charge in [0, 0.05) is 13.5 Å². The first-order valence-corrected chi connectivity index (χ1v) is 6.48. The Labute approximate surface area is 124 Å². The van der Waals surface area contributed by atoms with Gasteiger partial charge < -0.3 is 5.73 Å². The fraction of sp³-hybridized carbons (Fsp3) is 0.333. The molecule has 1 aliphatic rings. The molecule has 0 amide bonds. The smallest absolute Gasteiger partial charge is 0.264 e. The van der Waals surface area contributed by atoms with Crippen molar-refractivity contribution in [3.63, 3.8) is 0 Å². The maximum atomic E-state index is 12.9. The number of carbonyl (C=O) groups is 2. The van der Waals surface area contributed by atoms with Crippen LogP contribution in [-0.2, 0) is 9.59 Å². The van der Waals surface area contributed by atoms with E-state index >= 15 is 0 Å². The summed E-state index contributed by atoms with van der Waals surface area (Å²) in [6, 6.07) is -0.101. The van der Waals surface area contributed by atoms with Crippen molar-refractivity contribution in [3.8, 4) is 0 Å². The van der Waals surface area contributed by atoms with Crippen LogP contribution < -0.4 is 11.3 Å². The molecule has 2 aromatic rings. The molecule has 3 rings (SSSR count). The number of Topliss-reactive ketones (excluding diaryl/α,β-unsaturated/α-hetero) is 2. The largest absolute Gasteiger partial charge is 0.398 e. The van der Waals surface area contributed by atoms with Gasteiger partial charge in [-0.2, -0.15) is 0 Å². The van der Waals surface area contributed by atoms with Gasteiger partial charge in [0.1, 0.15) is 11.6 Å². The first kappa shape index (κ1) is 10.3. The molecule has 0 aliphatic heterocycles. The predicted molar refractivity (Wildman–Crippen MR) is 78.1 cm³/mol. The molecule has 2 N–H and O–H groups in total. The fourth-order valence-corrected chi connectivity index (χ4v) is 2.60. The zero-order chi connectivity index (χ0) is 17.8. The van der Waals surface area contributed by atoms with Gasteiger partial charge in [0.15, 0.2) is 5.78 Å². The van der Waals surface area contributed by atoms with Gasteiger partial charge in [-0.15, -0.1) is 0 Å². The number of nitrogens with two attached hydrogens (primary N) is 1. The summed E-state index contributed by atoms with van der Waals surface area (Å²) >= 11 is 0. The van der Waals surface area contributed by atoms with Gasteiger partial charge in [-0.1, -0.05) is 6.04 Å². The quantitative estimate of drug-likeness (QED) is 0.627. The fourth-order valence-electron chi connectivity index (χ4n) is 2.60. The number of anilines is 1. The molecule has 21 heavy (non-hydrogen) atoms. The Morgan fingerprint density at radius 3 is 3.00 bits per heavy atom. The van der Waals surface area contributed by atoms with Gasteiger partial charge in [0.25, 0.3) is 5.56 Å². The first-order valence-electron chi connectivity index (χ1n) is 8.06. The molecule has 1 aromatic carbocycles. The Bertz CT molecular complexity index is 955. The van der Waals surface area contributed by atoms with E-state index in [1.807, 2.05) is 0 Å². The van der Waals surface area contributed by atoms with Crippen molar-refractivity contribution in [1.29, 1.82) is 0 Å². The molecule has 2 atom stereocenters. The lowest BCUT2D eigenvalue weighted by Crippen LogP contribution is -2.36. The van der Waals surface area contributed by atoms with Gasteiger partial charge >= 0.3 is 0 Å². The highest BCUT2D eigenvalue weighted by Crippen LogP contribution is 2.24. The zero-order valence-electron chi connectivity index (χ0n) is 14.3. The number of aromatic nitrogens is 2. The monoisotopic (exact) mass is 288 g/mol. The van der Waals surface area contributed by atoms with E-state index in [0.29, 0.717) is 0 Å². The molecule has 0 radical (unpaired) electrons. The van der Waals surface area contributed by atoms with E-state index in [2.05, 4.69) is 4.98 Å². The van der Waals surface area contributed by atoms with Gasteiger partial charge in [-0.25, -0.2) is 4.98 Å². The number of benzene rings is 1. The van der Waals surface area contributed by atoms with Crippen LogP contribution in [-0.4, -0.2) is 21.1 Å². The van der Waals surface area contributed by atoms with Crippen molar-refractivity contribution in [2.45, 2.75) is 32.2 Å². The van der Waals surface area contributed by atoms with Crippen LogP contribution in [0, 0.1) is 6.92 Å². The van der Waals surface area contributed by atoms with Crippen molar-refractivity contribution in [1.82, 2.24) is 9.55 Å². The maximum absolute atomic E-state index is 12.9. The Kier molecular flexibility index (Phi) is 2.35.